The fourth-order valence-corrected chi connectivity index (χ4v) is 1.73. The van der Waals surface area contributed by atoms with Crippen molar-refractivity contribution in [2.45, 2.75) is 26.7 Å². The topological polar surface area (TPSA) is 79.5 Å². The molecule has 1 aromatic carbocycles. The molecule has 0 aliphatic heterocycles. The van der Waals surface area contributed by atoms with Gasteiger partial charge in [-0.25, -0.2) is 0 Å². The molecule has 0 unspecified atom stereocenters. The van der Waals surface area contributed by atoms with Crippen LogP contribution in [-0.4, -0.2) is 31.5 Å². The number of carbonyl (C=O) groups is 1. The summed E-state index contributed by atoms with van der Waals surface area (Å²) in [5.74, 6) is 0.562. The number of amides is 1. The Balaban J connectivity index is 2.09. The highest BCUT2D eigenvalue weighted by Gasteiger charge is 2.04. The van der Waals surface area contributed by atoms with Gasteiger partial charge in [-0.05, 0) is 18.4 Å². The van der Waals surface area contributed by atoms with Crippen LogP contribution in [0.5, 0.6) is 0 Å². The second kappa shape index (κ2) is 9.80. The highest BCUT2D eigenvalue weighted by molar-refractivity contribution is 5.78. The number of nitrogens with one attached hydrogen (secondary N) is 2. The standard InChI is InChI=1S/C16H26N4O/c1-13(2)15(21)18-10-6-11-19-16(17)20-12-9-14-7-4-3-5-8-14/h3-5,7-8,13H,6,9-12H2,1-2H3,(H,18,21)(H3,17,19,20). The fourth-order valence-electron chi connectivity index (χ4n) is 1.73. The van der Waals surface area contributed by atoms with E-state index in [4.69, 9.17) is 5.73 Å². The summed E-state index contributed by atoms with van der Waals surface area (Å²) in [5.41, 5.74) is 7.05. The van der Waals surface area contributed by atoms with Crippen molar-refractivity contribution in [3.63, 3.8) is 0 Å². The minimum Gasteiger partial charge on any atom is -0.370 e. The number of hydrogen-bond acceptors (Lipinski definition) is 2. The van der Waals surface area contributed by atoms with E-state index < -0.39 is 0 Å². The number of aliphatic imine (C=N–C) groups is 1. The maximum absolute atomic E-state index is 11.3. The van der Waals surface area contributed by atoms with Gasteiger partial charge in [0.05, 0.1) is 0 Å². The molecule has 5 heteroatoms. The fraction of sp³-hybridized carbons (Fsp3) is 0.500. The van der Waals surface area contributed by atoms with Gasteiger partial charge < -0.3 is 16.4 Å². The van der Waals surface area contributed by atoms with E-state index in [0.717, 1.165) is 19.4 Å². The molecule has 0 bridgehead atoms. The van der Waals surface area contributed by atoms with Crippen LogP contribution in [0.2, 0.25) is 0 Å². The van der Waals surface area contributed by atoms with Crippen molar-refractivity contribution in [2.75, 3.05) is 19.6 Å². The van der Waals surface area contributed by atoms with Crippen molar-refractivity contribution < 1.29 is 4.79 Å². The average Bonchev–Trinajstić information content (AvgIpc) is 2.47. The minimum atomic E-state index is 0.0261. The molecule has 0 saturated heterocycles. The Hall–Kier alpha value is -2.04. The Bertz CT molecular complexity index is 443. The van der Waals surface area contributed by atoms with Gasteiger partial charge in [0.2, 0.25) is 5.91 Å². The van der Waals surface area contributed by atoms with Gasteiger partial charge in [-0.3, -0.25) is 9.79 Å². The Morgan fingerprint density at radius 3 is 2.57 bits per heavy atom. The van der Waals surface area contributed by atoms with Gasteiger partial charge >= 0.3 is 0 Å². The van der Waals surface area contributed by atoms with Crippen LogP contribution < -0.4 is 16.4 Å². The van der Waals surface area contributed by atoms with Gasteiger partial charge in [0.25, 0.3) is 0 Å². The lowest BCUT2D eigenvalue weighted by Crippen LogP contribution is -2.33. The summed E-state index contributed by atoms with van der Waals surface area (Å²) in [6.07, 6.45) is 1.71. The van der Waals surface area contributed by atoms with Crippen LogP contribution >= 0.6 is 0 Å². The SMILES string of the molecule is CC(C)C(=O)NCCCN=C(N)NCCc1ccccc1. The molecular formula is C16H26N4O. The molecule has 0 heterocycles. The van der Waals surface area contributed by atoms with Crippen LogP contribution in [0.1, 0.15) is 25.8 Å². The highest BCUT2D eigenvalue weighted by Crippen LogP contribution is 1.97. The van der Waals surface area contributed by atoms with Crippen LogP contribution in [0.25, 0.3) is 0 Å². The third kappa shape index (κ3) is 7.97. The van der Waals surface area contributed by atoms with Crippen LogP contribution in [0, 0.1) is 5.92 Å². The zero-order valence-corrected chi connectivity index (χ0v) is 12.9. The number of benzene rings is 1. The molecule has 0 aliphatic rings. The maximum Gasteiger partial charge on any atom is 0.222 e. The lowest BCUT2D eigenvalue weighted by molar-refractivity contribution is -0.123. The summed E-state index contributed by atoms with van der Waals surface area (Å²) in [5, 5.41) is 5.94. The molecule has 0 atom stereocenters. The van der Waals surface area contributed by atoms with E-state index >= 15 is 0 Å². The summed E-state index contributed by atoms with van der Waals surface area (Å²) in [7, 11) is 0. The van der Waals surface area contributed by atoms with Crippen LogP contribution in [0.15, 0.2) is 35.3 Å². The van der Waals surface area contributed by atoms with Crippen molar-refractivity contribution in [1.29, 1.82) is 0 Å². The van der Waals surface area contributed by atoms with Crippen molar-refractivity contribution in [3.8, 4) is 0 Å². The summed E-state index contributed by atoms with van der Waals surface area (Å²) < 4.78 is 0. The molecule has 0 radical (unpaired) electrons. The summed E-state index contributed by atoms with van der Waals surface area (Å²) >= 11 is 0. The largest absolute Gasteiger partial charge is 0.370 e. The van der Waals surface area contributed by atoms with Crippen LogP contribution in [-0.2, 0) is 11.2 Å². The molecule has 0 saturated carbocycles. The molecule has 1 aromatic rings. The van der Waals surface area contributed by atoms with Gasteiger partial charge in [0.1, 0.15) is 0 Å². The number of rotatable bonds is 8. The molecule has 0 aliphatic carbocycles. The van der Waals surface area contributed by atoms with Gasteiger partial charge in [-0.15, -0.1) is 0 Å². The Morgan fingerprint density at radius 2 is 1.90 bits per heavy atom. The van der Waals surface area contributed by atoms with E-state index in [1.807, 2.05) is 32.0 Å². The molecule has 1 amide bonds. The highest BCUT2D eigenvalue weighted by atomic mass is 16.1. The van der Waals surface area contributed by atoms with E-state index in [2.05, 4.69) is 27.8 Å². The second-order valence-corrected chi connectivity index (χ2v) is 5.23. The van der Waals surface area contributed by atoms with Crippen LogP contribution in [0.4, 0.5) is 0 Å². The summed E-state index contributed by atoms with van der Waals surface area (Å²) in [6, 6.07) is 10.2. The van der Waals surface area contributed by atoms with Gasteiger partial charge in [-0.1, -0.05) is 44.2 Å². The molecule has 21 heavy (non-hydrogen) atoms. The van der Waals surface area contributed by atoms with Crippen molar-refractivity contribution >= 4 is 11.9 Å². The predicted octanol–water partition coefficient (Wildman–Crippen LogP) is 1.30. The number of guanidine groups is 1. The Morgan fingerprint density at radius 1 is 1.19 bits per heavy atom. The first-order valence-electron chi connectivity index (χ1n) is 7.45. The molecule has 1 rings (SSSR count). The summed E-state index contributed by atoms with van der Waals surface area (Å²) in [6.45, 7) is 5.77. The number of carbonyl (C=O) groups excluding carboxylic acids is 1. The number of nitrogens with zero attached hydrogens (tertiary/aromatic N) is 1. The summed E-state index contributed by atoms with van der Waals surface area (Å²) in [4.78, 5) is 15.6. The molecule has 0 spiro atoms. The van der Waals surface area contributed by atoms with Gasteiger partial charge in [-0.2, -0.15) is 0 Å². The third-order valence-electron chi connectivity index (χ3n) is 3.00. The Kier molecular flexibility index (Phi) is 7.94. The predicted molar refractivity (Wildman–Crippen MR) is 87.1 cm³/mol. The number of hydrogen-bond donors (Lipinski definition) is 3. The zero-order valence-electron chi connectivity index (χ0n) is 12.9. The molecule has 4 N–H and O–H groups in total. The molecule has 0 fully saturated rings. The Labute approximate surface area is 127 Å². The monoisotopic (exact) mass is 290 g/mol. The normalized spacial score (nSPS) is 11.5. The second-order valence-electron chi connectivity index (χ2n) is 5.23. The first-order chi connectivity index (χ1) is 10.1. The molecular weight excluding hydrogens is 264 g/mol. The molecule has 116 valence electrons. The average molecular weight is 290 g/mol. The first kappa shape index (κ1) is 17.0. The van der Waals surface area contributed by atoms with E-state index in [1.54, 1.807) is 0 Å². The van der Waals surface area contributed by atoms with Crippen LogP contribution in [0.3, 0.4) is 0 Å². The van der Waals surface area contributed by atoms with E-state index in [0.29, 0.717) is 19.0 Å². The van der Waals surface area contributed by atoms with E-state index in [9.17, 15) is 4.79 Å². The smallest absolute Gasteiger partial charge is 0.222 e. The van der Waals surface area contributed by atoms with Gasteiger partial charge in [0.15, 0.2) is 5.96 Å². The number of nitrogens with two attached hydrogens (primary N) is 1. The minimum absolute atomic E-state index is 0.0261. The van der Waals surface area contributed by atoms with E-state index in [-0.39, 0.29) is 11.8 Å². The van der Waals surface area contributed by atoms with Crippen molar-refractivity contribution in [3.05, 3.63) is 35.9 Å². The lowest BCUT2D eigenvalue weighted by atomic mass is 10.1. The lowest BCUT2D eigenvalue weighted by Gasteiger charge is -2.07. The van der Waals surface area contributed by atoms with Crippen molar-refractivity contribution in [1.82, 2.24) is 10.6 Å². The zero-order chi connectivity index (χ0) is 15.5. The van der Waals surface area contributed by atoms with E-state index in [1.165, 1.54) is 5.56 Å². The first-order valence-corrected chi connectivity index (χ1v) is 7.45. The van der Waals surface area contributed by atoms with Crippen molar-refractivity contribution in [2.24, 2.45) is 16.6 Å². The molecule has 5 nitrogen and oxygen atoms in total. The maximum atomic E-state index is 11.3. The third-order valence-corrected chi connectivity index (χ3v) is 3.00. The van der Waals surface area contributed by atoms with Gasteiger partial charge in [0, 0.05) is 25.6 Å². The molecule has 0 aromatic heterocycles. The quantitative estimate of drug-likeness (QED) is 0.383.